The maximum Gasteiger partial charge on any atom is 0.274 e. The average Bonchev–Trinajstić information content (AvgIpc) is 3.04. The first-order chi connectivity index (χ1) is 22.4. The Bertz CT molecular complexity index is 1850. The van der Waals surface area contributed by atoms with Crippen molar-refractivity contribution >= 4 is 38.6 Å². The molecule has 0 saturated heterocycles. The minimum absolute atomic E-state index is 0.0414. The van der Waals surface area contributed by atoms with Crippen molar-refractivity contribution in [3.63, 3.8) is 0 Å². The Labute approximate surface area is 275 Å². The van der Waals surface area contributed by atoms with Gasteiger partial charge in [0.05, 0.1) is 11.9 Å². The van der Waals surface area contributed by atoms with Gasteiger partial charge in [0.25, 0.3) is 11.8 Å². The van der Waals surface area contributed by atoms with E-state index < -0.39 is 50.5 Å². The summed E-state index contributed by atoms with van der Waals surface area (Å²) in [4.78, 5) is 46.4. The van der Waals surface area contributed by atoms with Gasteiger partial charge in [-0.25, -0.2) is 13.4 Å². The van der Waals surface area contributed by atoms with Crippen LogP contribution in [0, 0.1) is 5.92 Å². The van der Waals surface area contributed by atoms with E-state index in [9.17, 15) is 27.9 Å². The van der Waals surface area contributed by atoms with Gasteiger partial charge in [-0.3, -0.25) is 14.4 Å². The highest BCUT2D eigenvalue weighted by Crippen LogP contribution is 2.31. The number of rotatable bonds is 15. The van der Waals surface area contributed by atoms with Crippen molar-refractivity contribution < 1.29 is 27.9 Å². The molecule has 3 amide bonds. The van der Waals surface area contributed by atoms with Gasteiger partial charge in [-0.05, 0) is 54.5 Å². The zero-order chi connectivity index (χ0) is 34.2. The van der Waals surface area contributed by atoms with Crippen molar-refractivity contribution in [1.82, 2.24) is 19.9 Å². The lowest BCUT2D eigenvalue weighted by Crippen LogP contribution is -2.70. The van der Waals surface area contributed by atoms with Gasteiger partial charge in [-0.2, -0.15) is 4.72 Å². The number of carbonyl (C=O) groups is 3. The number of aromatic hydroxyl groups is 1. The number of pyridine rings is 1. The molecule has 0 saturated carbocycles. The summed E-state index contributed by atoms with van der Waals surface area (Å²) in [5, 5.41) is 14.6. The van der Waals surface area contributed by atoms with Crippen molar-refractivity contribution in [2.24, 2.45) is 11.7 Å². The van der Waals surface area contributed by atoms with Crippen LogP contribution in [0.15, 0.2) is 89.8 Å². The van der Waals surface area contributed by atoms with Crippen LogP contribution in [0.1, 0.15) is 61.6 Å². The molecule has 5 N–H and O–H groups in total. The van der Waals surface area contributed by atoms with Gasteiger partial charge < -0.3 is 21.1 Å². The van der Waals surface area contributed by atoms with E-state index in [-0.39, 0.29) is 25.2 Å². The minimum Gasteiger partial charge on any atom is -0.506 e. The fraction of sp³-hybridized carbons (Fsp3) is 0.314. The zero-order valence-corrected chi connectivity index (χ0v) is 27.6. The lowest BCUT2D eigenvalue weighted by molar-refractivity contribution is -0.138. The molecule has 4 aromatic rings. The van der Waals surface area contributed by atoms with Crippen molar-refractivity contribution in [1.29, 1.82) is 0 Å². The van der Waals surface area contributed by atoms with Gasteiger partial charge in [0.15, 0.2) is 5.66 Å². The van der Waals surface area contributed by atoms with Crippen LogP contribution in [0.25, 0.3) is 10.9 Å². The number of hydrogen-bond acceptors (Lipinski definition) is 7. The molecule has 12 heteroatoms. The molecule has 0 unspecified atom stereocenters. The van der Waals surface area contributed by atoms with E-state index in [4.69, 9.17) is 5.73 Å². The Morgan fingerprint density at radius 2 is 1.66 bits per heavy atom. The van der Waals surface area contributed by atoms with Gasteiger partial charge >= 0.3 is 0 Å². The third-order valence-electron chi connectivity index (χ3n) is 7.74. The molecular formula is C35H41N5O6S. The fourth-order valence-electron chi connectivity index (χ4n) is 5.33. The number of aryl methyl sites for hydroxylation is 1. The molecule has 4 rings (SSSR count). The Morgan fingerprint density at radius 1 is 0.957 bits per heavy atom. The minimum atomic E-state index is -4.78. The summed E-state index contributed by atoms with van der Waals surface area (Å²) < 4.78 is 30.8. The number of para-hydroxylation sites is 2. The van der Waals surface area contributed by atoms with Crippen molar-refractivity contribution in [3.05, 3.63) is 102 Å². The van der Waals surface area contributed by atoms with E-state index in [0.717, 1.165) is 10.3 Å². The summed E-state index contributed by atoms with van der Waals surface area (Å²) >= 11 is 0. The second-order valence-corrected chi connectivity index (χ2v) is 13.5. The van der Waals surface area contributed by atoms with Gasteiger partial charge in [-0.1, -0.05) is 87.5 Å². The quantitative estimate of drug-likeness (QED) is 0.138. The van der Waals surface area contributed by atoms with Crippen LogP contribution in [0.2, 0.25) is 0 Å². The molecule has 1 atom stereocenters. The maximum atomic E-state index is 14.4. The Morgan fingerprint density at radius 3 is 2.34 bits per heavy atom. The molecule has 0 aliphatic heterocycles. The van der Waals surface area contributed by atoms with Crippen LogP contribution in [-0.2, 0) is 32.6 Å². The Balaban J connectivity index is 1.87. The Kier molecular flexibility index (Phi) is 11.3. The average molecular weight is 660 g/mol. The van der Waals surface area contributed by atoms with Crippen LogP contribution in [0.5, 0.6) is 5.75 Å². The molecule has 1 aromatic heterocycles. The fourth-order valence-corrected chi connectivity index (χ4v) is 6.81. The van der Waals surface area contributed by atoms with E-state index in [0.29, 0.717) is 35.4 Å². The zero-order valence-electron chi connectivity index (χ0n) is 26.8. The largest absolute Gasteiger partial charge is 0.506 e. The van der Waals surface area contributed by atoms with Crippen LogP contribution < -0.4 is 15.8 Å². The van der Waals surface area contributed by atoms with Crippen LogP contribution in [0.3, 0.4) is 0 Å². The lowest BCUT2D eigenvalue weighted by atomic mass is 10.0. The van der Waals surface area contributed by atoms with Gasteiger partial charge in [0.1, 0.15) is 16.3 Å². The van der Waals surface area contributed by atoms with Crippen molar-refractivity contribution in [2.75, 3.05) is 6.54 Å². The predicted octanol–water partition coefficient (Wildman–Crippen LogP) is 4.25. The number of nitrogens with one attached hydrogen (secondary N) is 2. The first-order valence-corrected chi connectivity index (χ1v) is 17.0. The molecule has 0 spiro atoms. The summed E-state index contributed by atoms with van der Waals surface area (Å²) in [6.07, 6.45) is 0.476. The molecular weight excluding hydrogens is 618 g/mol. The number of aromatic nitrogens is 1. The predicted molar refractivity (Wildman–Crippen MR) is 179 cm³/mol. The van der Waals surface area contributed by atoms with E-state index in [1.165, 1.54) is 18.2 Å². The molecule has 0 aliphatic carbocycles. The van der Waals surface area contributed by atoms with E-state index in [1.54, 1.807) is 61.5 Å². The van der Waals surface area contributed by atoms with Crippen molar-refractivity contribution in [2.45, 2.75) is 63.6 Å². The molecule has 3 aromatic carbocycles. The number of primary amides is 1. The summed E-state index contributed by atoms with van der Waals surface area (Å²) in [5.41, 5.74) is 4.68. The van der Waals surface area contributed by atoms with Gasteiger partial charge in [0.2, 0.25) is 15.9 Å². The standard InChI is InChI=1S/C35H41N5O6S/c1-4-21-40(33(43)29-20-19-26-13-8-9-15-28(26)38-29)35(22-31(36)41,34(44)37-23-25-11-6-5-7-12-25)39-47(45,46)30-16-10-14-27(32(30)42)18-17-24(2)3/h5-16,19-20,24,39,42H,4,17-18,21-23H2,1-3H3,(H2,36,41)(H,37,44)/t35-/m1/s1. The highest BCUT2D eigenvalue weighted by Gasteiger charge is 2.51. The number of nitrogens with two attached hydrogens (primary N) is 1. The summed E-state index contributed by atoms with van der Waals surface area (Å²) in [6, 6.07) is 23.5. The van der Waals surface area contributed by atoms with Crippen molar-refractivity contribution in [3.8, 4) is 5.75 Å². The van der Waals surface area contributed by atoms with Crippen LogP contribution >= 0.6 is 0 Å². The van der Waals surface area contributed by atoms with E-state index >= 15 is 0 Å². The molecule has 47 heavy (non-hydrogen) atoms. The lowest BCUT2D eigenvalue weighted by Gasteiger charge is -2.42. The summed E-state index contributed by atoms with van der Waals surface area (Å²) in [6.45, 7) is 5.57. The molecule has 0 aliphatic rings. The second-order valence-electron chi connectivity index (χ2n) is 11.8. The first-order valence-electron chi connectivity index (χ1n) is 15.5. The molecule has 0 bridgehead atoms. The molecule has 248 valence electrons. The van der Waals surface area contributed by atoms with E-state index in [2.05, 4.69) is 15.0 Å². The molecule has 11 nitrogen and oxygen atoms in total. The highest BCUT2D eigenvalue weighted by atomic mass is 32.2. The number of phenols is 1. The number of fused-ring (bicyclic) bond motifs is 1. The summed E-state index contributed by atoms with van der Waals surface area (Å²) in [7, 11) is -4.78. The number of sulfonamides is 1. The Hall–Kier alpha value is -4.81. The highest BCUT2D eigenvalue weighted by molar-refractivity contribution is 7.89. The third kappa shape index (κ3) is 8.32. The second kappa shape index (κ2) is 15.2. The van der Waals surface area contributed by atoms with Crippen LogP contribution in [-0.4, -0.2) is 53.3 Å². The number of amides is 3. The molecule has 1 heterocycles. The number of carbonyl (C=O) groups excluding carboxylic acids is 3. The number of hydrogen-bond donors (Lipinski definition) is 4. The number of benzene rings is 3. The van der Waals surface area contributed by atoms with E-state index in [1.807, 2.05) is 26.0 Å². The smallest absolute Gasteiger partial charge is 0.274 e. The van der Waals surface area contributed by atoms with Gasteiger partial charge in [-0.15, -0.1) is 0 Å². The monoisotopic (exact) mass is 659 g/mol. The normalized spacial score (nSPS) is 12.9. The van der Waals surface area contributed by atoms with Crippen LogP contribution in [0.4, 0.5) is 0 Å². The maximum absolute atomic E-state index is 14.4. The number of nitrogens with zero attached hydrogens (tertiary/aromatic N) is 2. The molecule has 0 radical (unpaired) electrons. The number of phenolic OH excluding ortho intramolecular Hbond substituents is 1. The third-order valence-corrected chi connectivity index (χ3v) is 9.25. The topological polar surface area (TPSA) is 172 Å². The molecule has 0 fully saturated rings. The SMILES string of the molecule is CCCN(C(=O)c1ccc2ccccc2n1)[C@@](CC(N)=O)(NS(=O)(=O)c1cccc(CCC(C)C)c1O)C(=O)NCc1ccccc1. The first kappa shape index (κ1) is 35.1. The van der Waals surface area contributed by atoms with Gasteiger partial charge in [0, 0.05) is 18.5 Å². The summed E-state index contributed by atoms with van der Waals surface area (Å²) in [5.74, 6) is -3.02.